The third-order valence-electron chi connectivity index (χ3n) is 3.56. The average molecular weight is 238 g/mol. The maximum atomic E-state index is 5.98. The van der Waals surface area contributed by atoms with Gasteiger partial charge in [-0.25, -0.2) is 0 Å². The molecule has 1 N–H and O–H groups in total. The van der Waals surface area contributed by atoms with Crippen LogP contribution in [0.4, 0.5) is 5.69 Å². The number of hydrogen-bond donors (Lipinski definition) is 1. The highest BCUT2D eigenvalue weighted by atomic mass is 35.5. The zero-order valence-electron chi connectivity index (χ0n) is 9.88. The summed E-state index contributed by atoms with van der Waals surface area (Å²) in [5.41, 5.74) is 1.16. The molecule has 0 aliphatic heterocycles. The maximum absolute atomic E-state index is 5.98. The van der Waals surface area contributed by atoms with Gasteiger partial charge in [0.2, 0.25) is 0 Å². The van der Waals surface area contributed by atoms with Gasteiger partial charge in [-0.15, -0.1) is 0 Å². The van der Waals surface area contributed by atoms with Crippen LogP contribution in [0.15, 0.2) is 24.3 Å². The average Bonchev–Trinajstić information content (AvgIpc) is 2.29. The molecule has 1 aromatic rings. The Labute approximate surface area is 103 Å². The molecule has 88 valence electrons. The molecular formula is C14H20ClN. The molecule has 1 nitrogen and oxygen atoms in total. The number of nitrogens with one attached hydrogen (secondary N) is 1. The molecule has 2 unspecified atom stereocenters. The Morgan fingerprint density at radius 2 is 2.25 bits per heavy atom. The molecule has 0 saturated heterocycles. The van der Waals surface area contributed by atoms with Crippen LogP contribution in [0.2, 0.25) is 5.02 Å². The fraction of sp³-hybridized carbons (Fsp3) is 0.571. The first kappa shape index (κ1) is 11.8. The Hall–Kier alpha value is -0.690. The predicted molar refractivity (Wildman–Crippen MR) is 71.1 cm³/mol. The largest absolute Gasteiger partial charge is 0.382 e. The molecule has 2 heteroatoms. The Kier molecular flexibility index (Phi) is 4.11. The van der Waals surface area contributed by atoms with Gasteiger partial charge in [-0.3, -0.25) is 0 Å². The van der Waals surface area contributed by atoms with Gasteiger partial charge in [0.25, 0.3) is 0 Å². The van der Waals surface area contributed by atoms with Crippen LogP contribution in [0.25, 0.3) is 0 Å². The van der Waals surface area contributed by atoms with Crippen molar-refractivity contribution in [2.45, 2.75) is 45.1 Å². The van der Waals surface area contributed by atoms with Crippen LogP contribution >= 0.6 is 11.6 Å². The highest BCUT2D eigenvalue weighted by Gasteiger charge is 2.20. The van der Waals surface area contributed by atoms with Crippen LogP contribution in [0.1, 0.15) is 39.0 Å². The van der Waals surface area contributed by atoms with Crippen molar-refractivity contribution in [2.75, 3.05) is 5.32 Å². The summed E-state index contributed by atoms with van der Waals surface area (Å²) >= 11 is 5.98. The minimum Gasteiger partial charge on any atom is -0.382 e. The minimum atomic E-state index is 0.636. The molecule has 2 atom stereocenters. The monoisotopic (exact) mass is 237 g/mol. The standard InChI is InChI=1S/C14H20ClN/c1-2-11-5-3-7-13(9-11)16-14-8-4-6-12(15)10-14/h4,6,8,10-11,13,16H,2-3,5,7,9H2,1H3. The smallest absolute Gasteiger partial charge is 0.0426 e. The second-order valence-corrected chi connectivity index (χ2v) is 5.23. The summed E-state index contributed by atoms with van der Waals surface area (Å²) in [7, 11) is 0. The van der Waals surface area contributed by atoms with Crippen LogP contribution in [0.5, 0.6) is 0 Å². The van der Waals surface area contributed by atoms with Crippen molar-refractivity contribution < 1.29 is 0 Å². The van der Waals surface area contributed by atoms with Crippen molar-refractivity contribution >= 4 is 17.3 Å². The lowest BCUT2D eigenvalue weighted by Gasteiger charge is -2.29. The highest BCUT2D eigenvalue weighted by Crippen LogP contribution is 2.29. The molecule has 2 rings (SSSR count). The first-order valence-corrected chi connectivity index (χ1v) is 6.68. The van der Waals surface area contributed by atoms with E-state index in [2.05, 4.69) is 18.3 Å². The molecule has 1 aliphatic carbocycles. The van der Waals surface area contributed by atoms with E-state index in [-0.39, 0.29) is 0 Å². The fourth-order valence-electron chi connectivity index (χ4n) is 2.61. The molecule has 1 aliphatic rings. The van der Waals surface area contributed by atoms with E-state index in [0.717, 1.165) is 16.6 Å². The number of anilines is 1. The molecule has 0 aromatic heterocycles. The molecule has 16 heavy (non-hydrogen) atoms. The first-order chi connectivity index (χ1) is 7.78. The fourth-order valence-corrected chi connectivity index (χ4v) is 2.80. The van der Waals surface area contributed by atoms with Gasteiger partial charge in [-0.05, 0) is 37.0 Å². The van der Waals surface area contributed by atoms with Crippen LogP contribution in [0, 0.1) is 5.92 Å². The van der Waals surface area contributed by atoms with Gasteiger partial charge >= 0.3 is 0 Å². The number of rotatable bonds is 3. The summed E-state index contributed by atoms with van der Waals surface area (Å²) in [5, 5.41) is 4.41. The van der Waals surface area contributed by atoms with Crippen LogP contribution in [-0.2, 0) is 0 Å². The third-order valence-corrected chi connectivity index (χ3v) is 3.79. The number of halogens is 1. The lowest BCUT2D eigenvalue weighted by atomic mass is 9.84. The quantitative estimate of drug-likeness (QED) is 0.802. The summed E-state index contributed by atoms with van der Waals surface area (Å²) in [5.74, 6) is 0.908. The molecular weight excluding hydrogens is 218 g/mol. The summed E-state index contributed by atoms with van der Waals surface area (Å²) in [4.78, 5) is 0. The lowest BCUT2D eigenvalue weighted by molar-refractivity contribution is 0.327. The molecule has 0 radical (unpaired) electrons. The first-order valence-electron chi connectivity index (χ1n) is 6.30. The van der Waals surface area contributed by atoms with E-state index >= 15 is 0 Å². The van der Waals surface area contributed by atoms with Gasteiger partial charge in [-0.2, -0.15) is 0 Å². The van der Waals surface area contributed by atoms with Gasteiger partial charge < -0.3 is 5.32 Å². The van der Waals surface area contributed by atoms with Crippen LogP contribution in [-0.4, -0.2) is 6.04 Å². The predicted octanol–water partition coefficient (Wildman–Crippen LogP) is 4.72. The molecule has 0 spiro atoms. The molecule has 1 aromatic carbocycles. The summed E-state index contributed by atoms with van der Waals surface area (Å²) < 4.78 is 0. The zero-order chi connectivity index (χ0) is 11.4. The summed E-state index contributed by atoms with van der Waals surface area (Å²) in [6, 6.07) is 8.67. The van der Waals surface area contributed by atoms with E-state index in [0.29, 0.717) is 6.04 Å². The second-order valence-electron chi connectivity index (χ2n) is 4.79. The topological polar surface area (TPSA) is 12.0 Å². The van der Waals surface area contributed by atoms with Crippen LogP contribution in [0.3, 0.4) is 0 Å². The molecule has 0 heterocycles. The van der Waals surface area contributed by atoms with E-state index in [9.17, 15) is 0 Å². The maximum Gasteiger partial charge on any atom is 0.0426 e. The molecule has 0 bridgehead atoms. The van der Waals surface area contributed by atoms with Crippen molar-refractivity contribution in [3.63, 3.8) is 0 Å². The Morgan fingerprint density at radius 3 is 3.00 bits per heavy atom. The van der Waals surface area contributed by atoms with E-state index in [1.807, 2.05) is 18.2 Å². The molecule has 1 fully saturated rings. The van der Waals surface area contributed by atoms with E-state index in [1.54, 1.807) is 0 Å². The second kappa shape index (κ2) is 5.58. The highest BCUT2D eigenvalue weighted by molar-refractivity contribution is 6.30. The molecule has 1 saturated carbocycles. The zero-order valence-corrected chi connectivity index (χ0v) is 10.6. The Balaban J connectivity index is 1.94. The van der Waals surface area contributed by atoms with E-state index in [1.165, 1.54) is 32.1 Å². The van der Waals surface area contributed by atoms with E-state index < -0.39 is 0 Å². The summed E-state index contributed by atoms with van der Waals surface area (Å²) in [6.45, 7) is 2.30. The van der Waals surface area contributed by atoms with Crippen molar-refractivity contribution in [3.8, 4) is 0 Å². The van der Waals surface area contributed by atoms with Gasteiger partial charge in [-0.1, -0.05) is 43.9 Å². The number of benzene rings is 1. The van der Waals surface area contributed by atoms with Gasteiger partial charge in [0.05, 0.1) is 0 Å². The van der Waals surface area contributed by atoms with Crippen molar-refractivity contribution in [3.05, 3.63) is 29.3 Å². The SMILES string of the molecule is CCC1CCCC(Nc2cccc(Cl)c2)C1. The third kappa shape index (κ3) is 3.15. The normalized spacial score (nSPS) is 25.4. The van der Waals surface area contributed by atoms with Gasteiger partial charge in [0.15, 0.2) is 0 Å². The van der Waals surface area contributed by atoms with Crippen molar-refractivity contribution in [1.29, 1.82) is 0 Å². The van der Waals surface area contributed by atoms with Crippen molar-refractivity contribution in [1.82, 2.24) is 0 Å². The van der Waals surface area contributed by atoms with Gasteiger partial charge in [0.1, 0.15) is 0 Å². The number of hydrogen-bond acceptors (Lipinski definition) is 1. The van der Waals surface area contributed by atoms with E-state index in [4.69, 9.17) is 11.6 Å². The van der Waals surface area contributed by atoms with Gasteiger partial charge in [0, 0.05) is 16.8 Å². The van der Waals surface area contributed by atoms with Crippen molar-refractivity contribution in [2.24, 2.45) is 5.92 Å². The lowest BCUT2D eigenvalue weighted by Crippen LogP contribution is -2.26. The Bertz CT molecular complexity index is 337. The van der Waals surface area contributed by atoms with Crippen LogP contribution < -0.4 is 5.32 Å². The molecule has 0 amide bonds. The summed E-state index contributed by atoms with van der Waals surface area (Å²) in [6.07, 6.45) is 6.68. The minimum absolute atomic E-state index is 0.636. The Morgan fingerprint density at radius 1 is 1.38 bits per heavy atom.